The fourth-order valence-corrected chi connectivity index (χ4v) is 2.18. The molecule has 1 aromatic heterocycles. The monoisotopic (exact) mass is 205 g/mol. The Balaban J connectivity index is 2.03. The summed E-state index contributed by atoms with van der Waals surface area (Å²) in [5, 5.41) is 3.44. The smallest absolute Gasteiger partial charge is 0.0312 e. The Morgan fingerprint density at radius 3 is 2.73 bits per heavy atom. The number of rotatable bonds is 2. The highest BCUT2D eigenvalue weighted by molar-refractivity contribution is 5.09. The minimum Gasteiger partial charge on any atom is -0.314 e. The molecular formula is C12H19N3. The molecule has 3 heteroatoms. The summed E-state index contributed by atoms with van der Waals surface area (Å²) in [6.45, 7) is 7.74. The lowest BCUT2D eigenvalue weighted by atomic mass is 10.1. The van der Waals surface area contributed by atoms with Crippen LogP contribution in [0, 0.1) is 0 Å². The summed E-state index contributed by atoms with van der Waals surface area (Å²) in [6.07, 6.45) is 3.79. The molecule has 0 aromatic carbocycles. The summed E-state index contributed by atoms with van der Waals surface area (Å²) in [6, 6.07) is 5.37. The van der Waals surface area contributed by atoms with Crippen molar-refractivity contribution < 1.29 is 0 Å². The fourth-order valence-electron chi connectivity index (χ4n) is 2.18. The van der Waals surface area contributed by atoms with Crippen molar-refractivity contribution in [3.05, 3.63) is 30.1 Å². The Kier molecular flexibility index (Phi) is 3.34. The summed E-state index contributed by atoms with van der Waals surface area (Å²) < 4.78 is 0. The molecule has 0 aliphatic carbocycles. The molecular weight excluding hydrogens is 186 g/mol. The van der Waals surface area contributed by atoms with Gasteiger partial charge in [-0.3, -0.25) is 9.88 Å². The number of pyridine rings is 1. The molecule has 0 radical (unpaired) electrons. The van der Waals surface area contributed by atoms with Gasteiger partial charge in [0.25, 0.3) is 0 Å². The van der Waals surface area contributed by atoms with Gasteiger partial charge in [-0.2, -0.15) is 0 Å². The van der Waals surface area contributed by atoms with Gasteiger partial charge in [-0.15, -0.1) is 0 Å². The summed E-state index contributed by atoms with van der Waals surface area (Å²) in [4.78, 5) is 6.69. The standard InChI is InChI=1S/C12H19N3/c1-10-6-14-7-11(2)15(10)9-12-4-3-5-13-8-12/h3-5,8,10-11,14H,6-7,9H2,1-2H3/t10-,11+. The van der Waals surface area contributed by atoms with Gasteiger partial charge in [-0.05, 0) is 25.5 Å². The first kappa shape index (κ1) is 10.6. The van der Waals surface area contributed by atoms with Crippen LogP contribution in [0.4, 0.5) is 0 Å². The third kappa shape index (κ3) is 2.55. The Hall–Kier alpha value is -0.930. The number of hydrogen-bond donors (Lipinski definition) is 1. The molecule has 1 fully saturated rings. The van der Waals surface area contributed by atoms with Crippen molar-refractivity contribution in [3.8, 4) is 0 Å². The van der Waals surface area contributed by atoms with Crippen molar-refractivity contribution in [2.24, 2.45) is 0 Å². The highest BCUT2D eigenvalue weighted by atomic mass is 15.2. The summed E-state index contributed by atoms with van der Waals surface area (Å²) in [5.41, 5.74) is 1.30. The van der Waals surface area contributed by atoms with Crippen molar-refractivity contribution in [2.75, 3.05) is 13.1 Å². The highest BCUT2D eigenvalue weighted by Crippen LogP contribution is 2.13. The highest BCUT2D eigenvalue weighted by Gasteiger charge is 2.23. The van der Waals surface area contributed by atoms with E-state index in [4.69, 9.17) is 0 Å². The lowest BCUT2D eigenvalue weighted by molar-refractivity contribution is 0.108. The van der Waals surface area contributed by atoms with E-state index in [9.17, 15) is 0 Å². The molecule has 0 spiro atoms. The number of hydrogen-bond acceptors (Lipinski definition) is 3. The van der Waals surface area contributed by atoms with Crippen molar-refractivity contribution in [1.29, 1.82) is 0 Å². The predicted molar refractivity (Wildman–Crippen MR) is 61.6 cm³/mol. The molecule has 1 aromatic rings. The zero-order valence-corrected chi connectivity index (χ0v) is 9.48. The fraction of sp³-hybridized carbons (Fsp3) is 0.583. The Morgan fingerprint density at radius 1 is 1.40 bits per heavy atom. The maximum absolute atomic E-state index is 4.16. The van der Waals surface area contributed by atoms with Crippen LogP contribution in [-0.2, 0) is 6.54 Å². The molecule has 82 valence electrons. The average Bonchev–Trinajstić information content (AvgIpc) is 2.25. The molecule has 1 aliphatic rings. The molecule has 0 amide bonds. The van der Waals surface area contributed by atoms with E-state index < -0.39 is 0 Å². The van der Waals surface area contributed by atoms with Crippen LogP contribution < -0.4 is 5.32 Å². The molecule has 1 N–H and O–H groups in total. The number of nitrogens with zero attached hydrogens (tertiary/aromatic N) is 2. The zero-order valence-electron chi connectivity index (χ0n) is 9.48. The van der Waals surface area contributed by atoms with Gasteiger partial charge in [-0.25, -0.2) is 0 Å². The molecule has 3 nitrogen and oxygen atoms in total. The maximum Gasteiger partial charge on any atom is 0.0312 e. The second-order valence-electron chi connectivity index (χ2n) is 4.39. The van der Waals surface area contributed by atoms with Crippen LogP contribution in [0.2, 0.25) is 0 Å². The van der Waals surface area contributed by atoms with Gasteiger partial charge in [-0.1, -0.05) is 6.07 Å². The summed E-state index contributed by atoms with van der Waals surface area (Å²) >= 11 is 0. The van der Waals surface area contributed by atoms with E-state index in [0.29, 0.717) is 12.1 Å². The quantitative estimate of drug-likeness (QED) is 0.788. The average molecular weight is 205 g/mol. The molecule has 0 bridgehead atoms. The molecule has 2 atom stereocenters. The van der Waals surface area contributed by atoms with E-state index in [0.717, 1.165) is 19.6 Å². The van der Waals surface area contributed by atoms with Crippen molar-refractivity contribution in [3.63, 3.8) is 0 Å². The van der Waals surface area contributed by atoms with E-state index >= 15 is 0 Å². The first-order valence-electron chi connectivity index (χ1n) is 5.62. The molecule has 1 saturated heterocycles. The van der Waals surface area contributed by atoms with Gasteiger partial charge >= 0.3 is 0 Å². The molecule has 2 heterocycles. The molecule has 2 rings (SSSR count). The SMILES string of the molecule is C[C@@H]1CNC[C@H](C)N1Cc1cccnc1. The molecule has 0 saturated carbocycles. The van der Waals surface area contributed by atoms with Crippen LogP contribution in [-0.4, -0.2) is 35.1 Å². The number of aromatic nitrogens is 1. The van der Waals surface area contributed by atoms with Gasteiger partial charge in [0.2, 0.25) is 0 Å². The normalized spacial score (nSPS) is 27.9. The zero-order chi connectivity index (χ0) is 10.7. The first-order valence-corrected chi connectivity index (χ1v) is 5.62. The minimum absolute atomic E-state index is 0.606. The second-order valence-corrected chi connectivity index (χ2v) is 4.39. The third-order valence-electron chi connectivity index (χ3n) is 3.10. The second kappa shape index (κ2) is 4.73. The largest absolute Gasteiger partial charge is 0.314 e. The van der Waals surface area contributed by atoms with E-state index in [1.165, 1.54) is 5.56 Å². The van der Waals surface area contributed by atoms with Crippen LogP contribution in [0.15, 0.2) is 24.5 Å². The van der Waals surface area contributed by atoms with Crippen molar-refractivity contribution >= 4 is 0 Å². The van der Waals surface area contributed by atoms with Crippen LogP contribution >= 0.6 is 0 Å². The Labute approximate surface area is 91.5 Å². The van der Waals surface area contributed by atoms with E-state index in [1.807, 2.05) is 18.5 Å². The van der Waals surface area contributed by atoms with Crippen LogP contribution in [0.3, 0.4) is 0 Å². The minimum atomic E-state index is 0.606. The topological polar surface area (TPSA) is 28.2 Å². The van der Waals surface area contributed by atoms with Crippen LogP contribution in [0.1, 0.15) is 19.4 Å². The number of piperazine rings is 1. The molecule has 15 heavy (non-hydrogen) atoms. The maximum atomic E-state index is 4.16. The third-order valence-corrected chi connectivity index (χ3v) is 3.10. The number of nitrogens with one attached hydrogen (secondary N) is 1. The molecule has 0 unspecified atom stereocenters. The van der Waals surface area contributed by atoms with Gasteiger partial charge in [0.1, 0.15) is 0 Å². The summed E-state index contributed by atoms with van der Waals surface area (Å²) in [7, 11) is 0. The van der Waals surface area contributed by atoms with Crippen molar-refractivity contribution in [1.82, 2.24) is 15.2 Å². The summed E-state index contributed by atoms with van der Waals surface area (Å²) in [5.74, 6) is 0. The first-order chi connectivity index (χ1) is 7.27. The Bertz CT molecular complexity index is 289. The van der Waals surface area contributed by atoms with E-state index in [1.54, 1.807) is 0 Å². The Morgan fingerprint density at radius 2 is 2.13 bits per heavy atom. The lowest BCUT2D eigenvalue weighted by Gasteiger charge is -2.39. The van der Waals surface area contributed by atoms with Gasteiger partial charge in [0.15, 0.2) is 0 Å². The van der Waals surface area contributed by atoms with Gasteiger partial charge < -0.3 is 5.32 Å². The predicted octanol–water partition coefficient (Wildman–Crippen LogP) is 1.26. The van der Waals surface area contributed by atoms with E-state index in [-0.39, 0.29) is 0 Å². The van der Waals surface area contributed by atoms with Crippen LogP contribution in [0.5, 0.6) is 0 Å². The van der Waals surface area contributed by atoms with Crippen LogP contribution in [0.25, 0.3) is 0 Å². The van der Waals surface area contributed by atoms with Gasteiger partial charge in [0.05, 0.1) is 0 Å². The molecule has 1 aliphatic heterocycles. The lowest BCUT2D eigenvalue weighted by Crippen LogP contribution is -2.54. The van der Waals surface area contributed by atoms with Gasteiger partial charge in [0, 0.05) is 44.1 Å². The van der Waals surface area contributed by atoms with Crippen molar-refractivity contribution in [2.45, 2.75) is 32.5 Å². The van der Waals surface area contributed by atoms with E-state index in [2.05, 4.69) is 35.1 Å².